The summed E-state index contributed by atoms with van der Waals surface area (Å²) in [6.07, 6.45) is -3.52. The number of halogens is 3. The summed E-state index contributed by atoms with van der Waals surface area (Å²) in [5, 5.41) is 5.07. The summed E-state index contributed by atoms with van der Waals surface area (Å²) in [4.78, 5) is 35.0. The molecule has 0 aromatic heterocycles. The number of sulfonamides is 1. The minimum Gasteiger partial charge on any atom is -0.355 e. The smallest absolute Gasteiger partial charge is 0.355 e. The number of amides is 3. The van der Waals surface area contributed by atoms with Gasteiger partial charge < -0.3 is 10.6 Å². The Hall–Kier alpha value is -4.07. The van der Waals surface area contributed by atoms with Gasteiger partial charge >= 0.3 is 12.1 Å². The standard InChI is InChI=1S/C22H24F3N5O5S/c1-4-18(20(32)26-3)13(2)19(31)27-14-9-11-17(12-10-14)36(34,35)30-16-7-5-15(6-8-16)28-29-21(33)22(23,24)25/h4-13,28,30H,1-3H3,(H,26,32)(H,27,31)(H,29,33)/b18-4-. The Balaban J connectivity index is 2.02. The van der Waals surface area contributed by atoms with Crippen LogP contribution in [-0.2, 0) is 24.4 Å². The van der Waals surface area contributed by atoms with E-state index in [-0.39, 0.29) is 27.8 Å². The number of allylic oxidation sites excluding steroid dienone is 1. The van der Waals surface area contributed by atoms with Crippen LogP contribution in [-0.4, -0.2) is 39.4 Å². The van der Waals surface area contributed by atoms with Crippen LogP contribution < -0.4 is 26.2 Å². The van der Waals surface area contributed by atoms with Crippen molar-refractivity contribution >= 4 is 44.8 Å². The van der Waals surface area contributed by atoms with Crippen LogP contribution in [0.4, 0.5) is 30.2 Å². The number of alkyl halides is 3. The van der Waals surface area contributed by atoms with Gasteiger partial charge in [-0.3, -0.25) is 30.0 Å². The van der Waals surface area contributed by atoms with Gasteiger partial charge in [0.2, 0.25) is 11.8 Å². The van der Waals surface area contributed by atoms with Gasteiger partial charge in [0, 0.05) is 24.0 Å². The quantitative estimate of drug-likeness (QED) is 0.251. The van der Waals surface area contributed by atoms with Gasteiger partial charge in [0.15, 0.2) is 0 Å². The molecule has 0 fully saturated rings. The molecule has 0 radical (unpaired) electrons. The van der Waals surface area contributed by atoms with E-state index in [2.05, 4.69) is 20.8 Å². The minimum absolute atomic E-state index is 0.0855. The summed E-state index contributed by atoms with van der Waals surface area (Å²) >= 11 is 0. The van der Waals surface area contributed by atoms with E-state index in [1.54, 1.807) is 13.8 Å². The van der Waals surface area contributed by atoms with E-state index in [9.17, 15) is 36.0 Å². The second-order valence-corrected chi connectivity index (χ2v) is 9.00. The lowest BCUT2D eigenvalue weighted by molar-refractivity contribution is -0.173. The fourth-order valence-corrected chi connectivity index (χ4v) is 3.93. The summed E-state index contributed by atoms with van der Waals surface area (Å²) in [7, 11) is -2.58. The molecule has 0 saturated heterocycles. The zero-order valence-electron chi connectivity index (χ0n) is 19.4. The maximum atomic E-state index is 12.6. The summed E-state index contributed by atoms with van der Waals surface area (Å²) in [6.45, 7) is 3.20. The van der Waals surface area contributed by atoms with Gasteiger partial charge in [0.25, 0.3) is 10.0 Å². The van der Waals surface area contributed by atoms with E-state index in [1.165, 1.54) is 67.1 Å². The van der Waals surface area contributed by atoms with Crippen molar-refractivity contribution in [3.05, 3.63) is 60.2 Å². The number of hydrogen-bond donors (Lipinski definition) is 5. The third-order valence-electron chi connectivity index (χ3n) is 4.81. The average molecular weight is 528 g/mol. The normalized spacial score (nSPS) is 12.8. The second kappa shape index (κ2) is 11.6. The first-order valence-corrected chi connectivity index (χ1v) is 11.8. The van der Waals surface area contributed by atoms with Crippen LogP contribution in [0.2, 0.25) is 0 Å². The van der Waals surface area contributed by atoms with E-state index in [0.717, 1.165) is 0 Å². The number of carbonyl (C=O) groups is 3. The molecule has 36 heavy (non-hydrogen) atoms. The topological polar surface area (TPSA) is 146 Å². The molecule has 2 aromatic carbocycles. The van der Waals surface area contributed by atoms with Crippen molar-refractivity contribution in [2.75, 3.05) is 22.5 Å². The summed E-state index contributed by atoms with van der Waals surface area (Å²) in [6, 6.07) is 10.4. The molecule has 2 aromatic rings. The van der Waals surface area contributed by atoms with Crippen molar-refractivity contribution in [1.82, 2.24) is 10.7 Å². The molecule has 0 aliphatic heterocycles. The van der Waals surface area contributed by atoms with Crippen molar-refractivity contribution < 1.29 is 36.0 Å². The zero-order valence-corrected chi connectivity index (χ0v) is 20.2. The van der Waals surface area contributed by atoms with Crippen molar-refractivity contribution in [2.45, 2.75) is 24.9 Å². The van der Waals surface area contributed by atoms with E-state index < -0.39 is 33.9 Å². The first kappa shape index (κ1) is 28.2. The van der Waals surface area contributed by atoms with Crippen LogP contribution in [0.3, 0.4) is 0 Å². The molecule has 14 heteroatoms. The number of benzene rings is 2. The zero-order chi connectivity index (χ0) is 27.1. The fourth-order valence-electron chi connectivity index (χ4n) is 2.87. The first-order chi connectivity index (χ1) is 16.8. The minimum atomic E-state index is -5.06. The number of likely N-dealkylation sites (N-methyl/N-ethyl adjacent to an activating group) is 1. The van der Waals surface area contributed by atoms with Crippen LogP contribution in [0.1, 0.15) is 13.8 Å². The molecule has 0 heterocycles. The monoisotopic (exact) mass is 527 g/mol. The Morgan fingerprint density at radius 2 is 1.44 bits per heavy atom. The lowest BCUT2D eigenvalue weighted by Gasteiger charge is -2.15. The number of anilines is 3. The molecule has 0 spiro atoms. The van der Waals surface area contributed by atoms with Gasteiger partial charge in [-0.15, -0.1) is 0 Å². The van der Waals surface area contributed by atoms with Crippen molar-refractivity contribution in [3.8, 4) is 0 Å². The van der Waals surface area contributed by atoms with Gasteiger partial charge in [-0.2, -0.15) is 13.2 Å². The lowest BCUT2D eigenvalue weighted by atomic mass is 9.99. The number of hydrogen-bond acceptors (Lipinski definition) is 6. The van der Waals surface area contributed by atoms with Gasteiger partial charge in [-0.1, -0.05) is 6.08 Å². The summed E-state index contributed by atoms with van der Waals surface area (Å²) < 4.78 is 64.2. The number of rotatable bonds is 9. The van der Waals surface area contributed by atoms with Crippen LogP contribution in [0.25, 0.3) is 0 Å². The molecule has 5 N–H and O–H groups in total. The van der Waals surface area contributed by atoms with Gasteiger partial charge in [-0.25, -0.2) is 8.42 Å². The summed E-state index contributed by atoms with van der Waals surface area (Å²) in [5.74, 6) is -3.78. The second-order valence-electron chi connectivity index (χ2n) is 7.32. The average Bonchev–Trinajstić information content (AvgIpc) is 2.83. The Kier molecular flexibility index (Phi) is 9.06. The molecule has 10 nitrogen and oxygen atoms in total. The highest BCUT2D eigenvalue weighted by Gasteiger charge is 2.38. The lowest BCUT2D eigenvalue weighted by Crippen LogP contribution is -2.40. The molecular weight excluding hydrogens is 503 g/mol. The van der Waals surface area contributed by atoms with Crippen LogP contribution in [0, 0.1) is 5.92 Å². The molecule has 2 rings (SSSR count). The Labute approximate surface area is 205 Å². The highest BCUT2D eigenvalue weighted by atomic mass is 32.2. The molecule has 0 aliphatic carbocycles. The Bertz CT molecular complexity index is 1240. The predicted molar refractivity (Wildman–Crippen MR) is 127 cm³/mol. The van der Waals surface area contributed by atoms with E-state index in [0.29, 0.717) is 5.69 Å². The maximum Gasteiger partial charge on any atom is 0.472 e. The van der Waals surface area contributed by atoms with E-state index in [1.807, 2.05) is 0 Å². The van der Waals surface area contributed by atoms with E-state index >= 15 is 0 Å². The molecule has 1 atom stereocenters. The number of nitrogens with one attached hydrogen (secondary N) is 5. The number of carbonyl (C=O) groups excluding carboxylic acids is 3. The fraction of sp³-hybridized carbons (Fsp3) is 0.227. The first-order valence-electron chi connectivity index (χ1n) is 10.3. The van der Waals surface area contributed by atoms with Gasteiger partial charge in [0.05, 0.1) is 16.5 Å². The van der Waals surface area contributed by atoms with Crippen LogP contribution in [0.5, 0.6) is 0 Å². The Morgan fingerprint density at radius 3 is 1.94 bits per heavy atom. The third-order valence-corrected chi connectivity index (χ3v) is 6.20. The molecule has 194 valence electrons. The predicted octanol–water partition coefficient (Wildman–Crippen LogP) is 2.76. The molecular formula is C22H24F3N5O5S. The highest BCUT2D eigenvalue weighted by molar-refractivity contribution is 7.92. The van der Waals surface area contributed by atoms with E-state index in [4.69, 9.17) is 0 Å². The number of hydrazine groups is 1. The van der Waals surface area contributed by atoms with Crippen LogP contribution >= 0.6 is 0 Å². The molecule has 0 aliphatic rings. The molecule has 0 saturated carbocycles. The highest BCUT2D eigenvalue weighted by Crippen LogP contribution is 2.21. The van der Waals surface area contributed by atoms with Crippen molar-refractivity contribution in [1.29, 1.82) is 0 Å². The molecule has 0 bridgehead atoms. The molecule has 3 amide bonds. The molecule has 1 unspecified atom stereocenters. The summed E-state index contributed by atoms with van der Waals surface area (Å²) in [5.41, 5.74) is 4.33. The largest absolute Gasteiger partial charge is 0.472 e. The SMILES string of the molecule is C/C=C(\C(=O)NC)C(C)C(=O)Nc1ccc(S(=O)(=O)Nc2ccc(NNC(=O)C(F)(F)F)cc2)cc1. The Morgan fingerprint density at radius 1 is 0.917 bits per heavy atom. The van der Waals surface area contributed by atoms with Crippen LogP contribution in [0.15, 0.2) is 65.1 Å². The van der Waals surface area contributed by atoms with Gasteiger partial charge in [-0.05, 0) is 62.4 Å². The van der Waals surface area contributed by atoms with Crippen molar-refractivity contribution in [2.24, 2.45) is 5.92 Å². The van der Waals surface area contributed by atoms with Crippen molar-refractivity contribution in [3.63, 3.8) is 0 Å². The van der Waals surface area contributed by atoms with Gasteiger partial charge in [0.1, 0.15) is 0 Å². The maximum absolute atomic E-state index is 12.6. The third kappa shape index (κ3) is 7.46.